The Hall–Kier alpha value is -2.96. The van der Waals surface area contributed by atoms with E-state index in [2.05, 4.69) is 34.2 Å². The third-order valence-electron chi connectivity index (χ3n) is 8.44. The van der Waals surface area contributed by atoms with Gasteiger partial charge in [-0.3, -0.25) is 4.79 Å². The molecule has 0 saturated heterocycles. The standard InChI is InChI=1S/C26H30N4O3/c1-24(2)21(30-20-22(27)28-14-29-23(20)33-24)17-3-5-18(6-4-17)26-10-15-7-16(11-26)9-25(8-15,13-26)12-19(31)32/h3-6,14-16H,7-13H2,1-2H3,(H,31,32)(H2,27,28,29). The average Bonchev–Trinajstić information content (AvgIpc) is 2.71. The van der Waals surface area contributed by atoms with Gasteiger partial charge in [0.2, 0.25) is 5.88 Å². The molecule has 1 aromatic heterocycles. The van der Waals surface area contributed by atoms with E-state index in [9.17, 15) is 9.90 Å². The number of carboxylic acids is 1. The lowest BCUT2D eigenvalue weighted by atomic mass is 9.42. The number of aromatic nitrogens is 2. The molecule has 4 bridgehead atoms. The fourth-order valence-corrected chi connectivity index (χ4v) is 7.80. The van der Waals surface area contributed by atoms with Crippen LogP contribution in [0.25, 0.3) is 0 Å². The molecule has 5 aliphatic rings. The van der Waals surface area contributed by atoms with Crippen molar-refractivity contribution in [2.24, 2.45) is 22.2 Å². The second-order valence-electron chi connectivity index (χ2n) is 11.4. The molecule has 33 heavy (non-hydrogen) atoms. The maximum Gasteiger partial charge on any atom is 0.303 e. The fraction of sp³-hybridized carbons (Fsp3) is 0.538. The largest absolute Gasteiger partial charge is 0.481 e. The number of fused-ring (bicyclic) bond motifs is 1. The van der Waals surface area contributed by atoms with Crippen molar-refractivity contribution >= 4 is 23.2 Å². The molecule has 4 fully saturated rings. The Bertz CT molecular complexity index is 1160. The predicted molar refractivity (Wildman–Crippen MR) is 125 cm³/mol. The maximum absolute atomic E-state index is 11.7. The van der Waals surface area contributed by atoms with Crippen LogP contribution in [0.15, 0.2) is 35.6 Å². The molecular weight excluding hydrogens is 416 g/mol. The summed E-state index contributed by atoms with van der Waals surface area (Å²) in [6.45, 7) is 3.96. The van der Waals surface area contributed by atoms with Crippen LogP contribution in [0.1, 0.15) is 69.9 Å². The number of ether oxygens (including phenoxy) is 1. The SMILES string of the molecule is CC1(C)Oc2ncnc(N)c2N=C1c1ccc(C23CC4CC(CC(CC(=O)O)(C4)C2)C3)cc1. The molecule has 1 aromatic carbocycles. The summed E-state index contributed by atoms with van der Waals surface area (Å²) in [7, 11) is 0. The summed E-state index contributed by atoms with van der Waals surface area (Å²) in [5.74, 6) is 1.37. The number of rotatable bonds is 4. The molecule has 7 heteroatoms. The highest BCUT2D eigenvalue weighted by atomic mass is 16.5. The van der Waals surface area contributed by atoms with Gasteiger partial charge >= 0.3 is 5.97 Å². The van der Waals surface area contributed by atoms with E-state index in [4.69, 9.17) is 15.5 Å². The summed E-state index contributed by atoms with van der Waals surface area (Å²) in [6, 6.07) is 8.73. The number of nitrogen functional groups attached to an aromatic ring is 1. The Morgan fingerprint density at radius 1 is 1.12 bits per heavy atom. The zero-order valence-electron chi connectivity index (χ0n) is 19.2. The molecular formula is C26H30N4O3. The average molecular weight is 447 g/mol. The normalized spacial score (nSPS) is 33.2. The van der Waals surface area contributed by atoms with Crippen molar-refractivity contribution in [1.82, 2.24) is 9.97 Å². The predicted octanol–water partition coefficient (Wildman–Crippen LogP) is 4.66. The number of hydrogen-bond acceptors (Lipinski definition) is 6. The summed E-state index contributed by atoms with van der Waals surface area (Å²) in [5.41, 5.74) is 9.06. The smallest absolute Gasteiger partial charge is 0.303 e. The molecule has 3 N–H and O–H groups in total. The van der Waals surface area contributed by atoms with E-state index in [-0.39, 0.29) is 10.8 Å². The summed E-state index contributed by atoms with van der Waals surface area (Å²) >= 11 is 0. The van der Waals surface area contributed by atoms with Crippen LogP contribution in [-0.2, 0) is 10.2 Å². The van der Waals surface area contributed by atoms with E-state index in [0.717, 1.165) is 30.5 Å². The van der Waals surface area contributed by atoms with Gasteiger partial charge in [-0.1, -0.05) is 24.3 Å². The van der Waals surface area contributed by atoms with Crippen LogP contribution in [0.5, 0.6) is 5.88 Å². The van der Waals surface area contributed by atoms with Crippen molar-refractivity contribution in [3.05, 3.63) is 41.7 Å². The second kappa shape index (κ2) is 6.78. The molecule has 4 aliphatic carbocycles. The Morgan fingerprint density at radius 3 is 2.48 bits per heavy atom. The number of aliphatic carboxylic acids is 1. The number of hydrogen-bond donors (Lipinski definition) is 2. The van der Waals surface area contributed by atoms with Crippen LogP contribution in [0.3, 0.4) is 0 Å². The molecule has 172 valence electrons. The monoisotopic (exact) mass is 446 g/mol. The molecule has 0 amide bonds. The highest BCUT2D eigenvalue weighted by Gasteiger charge is 2.58. The molecule has 0 spiro atoms. The Balaban J connectivity index is 1.35. The van der Waals surface area contributed by atoms with Crippen molar-refractivity contribution in [2.45, 2.75) is 69.8 Å². The number of carboxylic acid groups (broad SMARTS) is 1. The van der Waals surface area contributed by atoms with E-state index in [1.54, 1.807) is 0 Å². The molecule has 1 aliphatic heterocycles. The van der Waals surface area contributed by atoms with E-state index in [0.29, 0.717) is 35.6 Å². The van der Waals surface area contributed by atoms with Crippen LogP contribution < -0.4 is 10.5 Å². The van der Waals surface area contributed by atoms with E-state index in [1.807, 2.05) is 13.8 Å². The molecule has 4 saturated carbocycles. The minimum absolute atomic E-state index is 0.0287. The number of aliphatic imine (C=N–C) groups is 1. The number of nitrogens with zero attached hydrogens (tertiary/aromatic N) is 3. The van der Waals surface area contributed by atoms with Gasteiger partial charge in [-0.05, 0) is 80.6 Å². The van der Waals surface area contributed by atoms with Crippen molar-refractivity contribution in [2.75, 3.05) is 5.73 Å². The van der Waals surface area contributed by atoms with Gasteiger partial charge in [0.05, 0.1) is 12.1 Å². The molecule has 7 rings (SSSR count). The lowest BCUT2D eigenvalue weighted by Crippen LogP contribution is -2.54. The van der Waals surface area contributed by atoms with Gasteiger partial charge in [0, 0.05) is 5.56 Å². The molecule has 0 radical (unpaired) electrons. The molecule has 2 atom stereocenters. The summed E-state index contributed by atoms with van der Waals surface area (Å²) in [5, 5.41) is 9.60. The Labute approximate surface area is 193 Å². The molecule has 2 unspecified atom stereocenters. The maximum atomic E-state index is 11.7. The van der Waals surface area contributed by atoms with Crippen molar-refractivity contribution < 1.29 is 14.6 Å². The van der Waals surface area contributed by atoms with Crippen LogP contribution in [0, 0.1) is 17.3 Å². The quantitative estimate of drug-likeness (QED) is 0.706. The number of carbonyl (C=O) groups is 1. The summed E-state index contributed by atoms with van der Waals surface area (Å²) < 4.78 is 6.13. The number of anilines is 1. The summed E-state index contributed by atoms with van der Waals surface area (Å²) in [6.07, 6.45) is 8.50. The Morgan fingerprint density at radius 2 is 1.82 bits per heavy atom. The van der Waals surface area contributed by atoms with E-state index in [1.165, 1.54) is 31.2 Å². The topological polar surface area (TPSA) is 111 Å². The first-order valence-corrected chi connectivity index (χ1v) is 11.9. The van der Waals surface area contributed by atoms with Gasteiger partial charge in [-0.15, -0.1) is 0 Å². The lowest BCUT2D eigenvalue weighted by molar-refractivity contribution is -0.146. The van der Waals surface area contributed by atoms with Crippen LogP contribution >= 0.6 is 0 Å². The minimum atomic E-state index is -0.651. The highest BCUT2D eigenvalue weighted by molar-refractivity contribution is 6.09. The molecule has 2 aromatic rings. The van der Waals surface area contributed by atoms with Gasteiger partial charge < -0.3 is 15.6 Å². The summed E-state index contributed by atoms with van der Waals surface area (Å²) in [4.78, 5) is 24.7. The second-order valence-corrected chi connectivity index (χ2v) is 11.4. The Kier molecular flexibility index (Phi) is 4.24. The highest BCUT2D eigenvalue weighted by Crippen LogP contribution is 2.66. The minimum Gasteiger partial charge on any atom is -0.481 e. The van der Waals surface area contributed by atoms with Crippen LogP contribution in [0.2, 0.25) is 0 Å². The zero-order valence-corrected chi connectivity index (χ0v) is 19.2. The molecule has 7 nitrogen and oxygen atoms in total. The third kappa shape index (κ3) is 3.23. The third-order valence-corrected chi connectivity index (χ3v) is 8.44. The first-order valence-electron chi connectivity index (χ1n) is 11.9. The number of benzene rings is 1. The van der Waals surface area contributed by atoms with Gasteiger partial charge in [-0.2, -0.15) is 4.98 Å². The zero-order chi connectivity index (χ0) is 23.0. The molecule has 2 heterocycles. The van der Waals surface area contributed by atoms with Gasteiger partial charge in [0.25, 0.3) is 0 Å². The van der Waals surface area contributed by atoms with Gasteiger partial charge in [0.1, 0.15) is 11.9 Å². The number of nitrogens with two attached hydrogens (primary N) is 1. The van der Waals surface area contributed by atoms with Gasteiger partial charge in [-0.25, -0.2) is 9.98 Å². The van der Waals surface area contributed by atoms with Crippen LogP contribution in [0.4, 0.5) is 11.5 Å². The first kappa shape index (κ1) is 20.6. The van der Waals surface area contributed by atoms with Crippen LogP contribution in [-0.4, -0.2) is 32.4 Å². The van der Waals surface area contributed by atoms with Crippen molar-refractivity contribution in [3.63, 3.8) is 0 Å². The van der Waals surface area contributed by atoms with E-state index >= 15 is 0 Å². The first-order chi connectivity index (χ1) is 15.7. The lowest BCUT2D eigenvalue weighted by Gasteiger charge is -2.62. The van der Waals surface area contributed by atoms with Crippen molar-refractivity contribution in [3.8, 4) is 5.88 Å². The van der Waals surface area contributed by atoms with Crippen molar-refractivity contribution in [1.29, 1.82) is 0 Å². The van der Waals surface area contributed by atoms with E-state index < -0.39 is 11.6 Å². The van der Waals surface area contributed by atoms with Gasteiger partial charge in [0.15, 0.2) is 11.5 Å². The fourth-order valence-electron chi connectivity index (χ4n) is 7.80.